The molecule has 0 amide bonds. The molecule has 1 saturated heterocycles. The van der Waals surface area contributed by atoms with Gasteiger partial charge in [0.2, 0.25) is 0 Å². The summed E-state index contributed by atoms with van der Waals surface area (Å²) < 4.78 is 0. The van der Waals surface area contributed by atoms with Gasteiger partial charge >= 0.3 is 0 Å². The first-order valence-corrected chi connectivity index (χ1v) is 7.78. The van der Waals surface area contributed by atoms with Gasteiger partial charge in [0.1, 0.15) is 17.5 Å². The lowest BCUT2D eigenvalue weighted by Crippen LogP contribution is -2.35. The quantitative estimate of drug-likeness (QED) is 0.640. The van der Waals surface area contributed by atoms with Crippen molar-refractivity contribution in [2.75, 3.05) is 23.4 Å². The van der Waals surface area contributed by atoms with Crippen molar-refractivity contribution in [2.24, 2.45) is 11.8 Å². The molecule has 0 unspecified atom stereocenters. The van der Waals surface area contributed by atoms with Crippen LogP contribution in [-0.4, -0.2) is 23.1 Å². The topological polar surface area (TPSA) is 67.1 Å². The van der Waals surface area contributed by atoms with Crippen molar-refractivity contribution >= 4 is 11.6 Å². The third-order valence-electron chi connectivity index (χ3n) is 4.27. The average molecular weight is 277 g/mol. The van der Waals surface area contributed by atoms with E-state index in [1.165, 1.54) is 19.3 Å². The standard InChI is InChI=1S/C15H27N5/c1-4-6-13-17-14(19-16)11(3)15(18-13)20-9-7-12(5-2)8-10-20/h12H,4-10,16H2,1-3H3,(H,17,18,19). The number of anilines is 2. The van der Waals surface area contributed by atoms with Crippen molar-refractivity contribution < 1.29 is 0 Å². The molecule has 5 nitrogen and oxygen atoms in total. The molecule has 1 aliphatic rings. The average Bonchev–Trinajstić information content (AvgIpc) is 2.49. The highest BCUT2D eigenvalue weighted by atomic mass is 15.3. The minimum atomic E-state index is 0.760. The van der Waals surface area contributed by atoms with Gasteiger partial charge in [-0.2, -0.15) is 0 Å². The van der Waals surface area contributed by atoms with E-state index < -0.39 is 0 Å². The second-order valence-corrected chi connectivity index (χ2v) is 5.67. The van der Waals surface area contributed by atoms with Crippen molar-refractivity contribution in [3.05, 3.63) is 11.4 Å². The molecular weight excluding hydrogens is 250 g/mol. The van der Waals surface area contributed by atoms with E-state index in [0.29, 0.717) is 0 Å². The molecule has 0 aromatic carbocycles. The van der Waals surface area contributed by atoms with Crippen molar-refractivity contribution in [1.29, 1.82) is 0 Å². The third kappa shape index (κ3) is 3.20. The number of aryl methyl sites for hydroxylation is 1. The van der Waals surface area contributed by atoms with E-state index >= 15 is 0 Å². The van der Waals surface area contributed by atoms with E-state index in [2.05, 4.69) is 29.2 Å². The minimum Gasteiger partial charge on any atom is -0.356 e. The van der Waals surface area contributed by atoms with Crippen LogP contribution in [0.1, 0.15) is 50.9 Å². The molecular formula is C15H27N5. The maximum absolute atomic E-state index is 5.60. The number of piperidine rings is 1. The van der Waals surface area contributed by atoms with Crippen molar-refractivity contribution in [3.8, 4) is 0 Å². The number of hydrogen-bond donors (Lipinski definition) is 2. The fourth-order valence-electron chi connectivity index (χ4n) is 2.89. The van der Waals surface area contributed by atoms with Crippen LogP contribution in [0, 0.1) is 12.8 Å². The van der Waals surface area contributed by atoms with Crippen LogP contribution in [-0.2, 0) is 6.42 Å². The molecule has 0 spiro atoms. The van der Waals surface area contributed by atoms with Crippen LogP contribution >= 0.6 is 0 Å². The molecule has 112 valence electrons. The van der Waals surface area contributed by atoms with Gasteiger partial charge in [-0.25, -0.2) is 15.8 Å². The summed E-state index contributed by atoms with van der Waals surface area (Å²) >= 11 is 0. The number of aromatic nitrogens is 2. The van der Waals surface area contributed by atoms with E-state index in [1.54, 1.807) is 0 Å². The molecule has 0 atom stereocenters. The molecule has 0 saturated carbocycles. The lowest BCUT2D eigenvalue weighted by atomic mass is 9.94. The van der Waals surface area contributed by atoms with Crippen molar-refractivity contribution in [1.82, 2.24) is 9.97 Å². The zero-order chi connectivity index (χ0) is 14.5. The third-order valence-corrected chi connectivity index (χ3v) is 4.27. The van der Waals surface area contributed by atoms with Gasteiger partial charge in [-0.1, -0.05) is 20.3 Å². The fourth-order valence-corrected chi connectivity index (χ4v) is 2.89. The Morgan fingerprint density at radius 2 is 1.95 bits per heavy atom. The summed E-state index contributed by atoms with van der Waals surface area (Å²) in [7, 11) is 0. The molecule has 0 radical (unpaired) electrons. The maximum atomic E-state index is 5.60. The SMILES string of the molecule is CCCc1nc(NN)c(C)c(N2CCC(CC)CC2)n1. The van der Waals surface area contributed by atoms with Crippen LogP contribution in [0.4, 0.5) is 11.6 Å². The van der Waals surface area contributed by atoms with Gasteiger partial charge in [-0.3, -0.25) is 0 Å². The lowest BCUT2D eigenvalue weighted by Gasteiger charge is -2.33. The molecule has 1 aliphatic heterocycles. The van der Waals surface area contributed by atoms with Crippen LogP contribution < -0.4 is 16.2 Å². The largest absolute Gasteiger partial charge is 0.356 e. The smallest absolute Gasteiger partial charge is 0.148 e. The number of nitrogens with zero attached hydrogens (tertiary/aromatic N) is 3. The Labute approximate surface area is 121 Å². The van der Waals surface area contributed by atoms with E-state index in [4.69, 9.17) is 10.8 Å². The molecule has 1 aromatic heterocycles. The Balaban J connectivity index is 2.23. The van der Waals surface area contributed by atoms with E-state index in [1.807, 2.05) is 6.92 Å². The van der Waals surface area contributed by atoms with Crippen molar-refractivity contribution in [3.63, 3.8) is 0 Å². The molecule has 1 aromatic rings. The van der Waals surface area contributed by atoms with Gasteiger partial charge in [0, 0.05) is 25.1 Å². The number of hydrogen-bond acceptors (Lipinski definition) is 5. The molecule has 20 heavy (non-hydrogen) atoms. The van der Waals surface area contributed by atoms with Crippen LogP contribution in [0.15, 0.2) is 0 Å². The highest BCUT2D eigenvalue weighted by Crippen LogP contribution is 2.28. The molecule has 0 aliphatic carbocycles. The Morgan fingerprint density at radius 3 is 2.50 bits per heavy atom. The van der Waals surface area contributed by atoms with Gasteiger partial charge in [-0.15, -0.1) is 0 Å². The van der Waals surface area contributed by atoms with Gasteiger partial charge in [0.15, 0.2) is 0 Å². The summed E-state index contributed by atoms with van der Waals surface area (Å²) in [6, 6.07) is 0. The number of nitrogen functional groups attached to an aromatic ring is 1. The number of nitrogens with two attached hydrogens (primary N) is 1. The summed E-state index contributed by atoms with van der Waals surface area (Å²) in [4.78, 5) is 11.6. The summed E-state index contributed by atoms with van der Waals surface area (Å²) in [5.41, 5.74) is 3.77. The van der Waals surface area contributed by atoms with Crippen LogP contribution in [0.25, 0.3) is 0 Å². The number of nitrogens with one attached hydrogen (secondary N) is 1. The molecule has 3 N–H and O–H groups in total. The summed E-state index contributed by atoms with van der Waals surface area (Å²) in [6.07, 6.45) is 5.74. The van der Waals surface area contributed by atoms with Gasteiger partial charge in [0.05, 0.1) is 0 Å². The predicted octanol–water partition coefficient (Wildman–Crippen LogP) is 2.65. The van der Waals surface area contributed by atoms with Crippen molar-refractivity contribution in [2.45, 2.75) is 52.9 Å². The Morgan fingerprint density at radius 1 is 1.25 bits per heavy atom. The van der Waals surface area contributed by atoms with Crippen LogP contribution in [0.3, 0.4) is 0 Å². The highest BCUT2D eigenvalue weighted by molar-refractivity contribution is 5.58. The first-order valence-electron chi connectivity index (χ1n) is 7.78. The van der Waals surface area contributed by atoms with E-state index in [-0.39, 0.29) is 0 Å². The Kier molecular flexibility index (Phi) is 5.17. The molecule has 5 heteroatoms. The van der Waals surface area contributed by atoms with Crippen LogP contribution in [0.5, 0.6) is 0 Å². The normalized spacial score (nSPS) is 16.5. The summed E-state index contributed by atoms with van der Waals surface area (Å²) in [5, 5.41) is 0. The molecule has 0 bridgehead atoms. The zero-order valence-corrected chi connectivity index (χ0v) is 12.9. The van der Waals surface area contributed by atoms with Crippen LogP contribution in [0.2, 0.25) is 0 Å². The molecule has 2 heterocycles. The monoisotopic (exact) mass is 277 g/mol. The lowest BCUT2D eigenvalue weighted by molar-refractivity contribution is 0.393. The number of rotatable bonds is 5. The fraction of sp³-hybridized carbons (Fsp3) is 0.733. The molecule has 2 rings (SSSR count). The second-order valence-electron chi connectivity index (χ2n) is 5.67. The van der Waals surface area contributed by atoms with E-state index in [9.17, 15) is 0 Å². The Bertz CT molecular complexity index is 438. The first kappa shape index (κ1) is 15.0. The zero-order valence-electron chi connectivity index (χ0n) is 12.9. The molecule has 1 fully saturated rings. The van der Waals surface area contributed by atoms with Gasteiger partial charge in [-0.05, 0) is 32.1 Å². The first-order chi connectivity index (χ1) is 9.69. The second kappa shape index (κ2) is 6.88. The van der Waals surface area contributed by atoms with Gasteiger partial charge < -0.3 is 10.3 Å². The number of hydrazine groups is 1. The predicted molar refractivity (Wildman–Crippen MR) is 83.8 cm³/mol. The summed E-state index contributed by atoms with van der Waals surface area (Å²) in [6.45, 7) is 8.65. The minimum absolute atomic E-state index is 0.760. The van der Waals surface area contributed by atoms with E-state index in [0.717, 1.165) is 54.9 Å². The summed E-state index contributed by atoms with van der Waals surface area (Å²) in [5.74, 6) is 9.18. The Hall–Kier alpha value is -1.36. The maximum Gasteiger partial charge on any atom is 0.148 e. The van der Waals surface area contributed by atoms with Gasteiger partial charge in [0.25, 0.3) is 0 Å². The highest BCUT2D eigenvalue weighted by Gasteiger charge is 2.22.